The molecule has 74 valence electrons. The zero-order valence-corrected chi connectivity index (χ0v) is 8.82. The number of rotatable bonds is 3. The molecule has 1 nitrogen and oxygen atoms in total. The summed E-state index contributed by atoms with van der Waals surface area (Å²) in [6.45, 7) is 0. The quantitative estimate of drug-likeness (QED) is 0.732. The topological polar surface area (TPSA) is 23.8 Å². The zero-order chi connectivity index (χ0) is 10.6. The molecule has 0 aliphatic carbocycles. The molecule has 1 aromatic rings. The van der Waals surface area contributed by atoms with Gasteiger partial charge in [0, 0.05) is 5.88 Å². The van der Waals surface area contributed by atoms with E-state index >= 15 is 0 Å². The SMILES string of the molecule is N#CC(CCl)Cc1ccc(F)c(Cl)c1. The Hall–Kier alpha value is -0.780. The van der Waals surface area contributed by atoms with E-state index in [-0.39, 0.29) is 16.8 Å². The average molecular weight is 232 g/mol. The Labute approximate surface area is 92.1 Å². The highest BCUT2D eigenvalue weighted by atomic mass is 35.5. The van der Waals surface area contributed by atoms with Crippen molar-refractivity contribution in [2.45, 2.75) is 6.42 Å². The first-order chi connectivity index (χ1) is 6.67. The van der Waals surface area contributed by atoms with Crippen molar-refractivity contribution in [3.05, 3.63) is 34.6 Å². The number of nitrogens with zero attached hydrogens (tertiary/aromatic N) is 1. The molecule has 0 heterocycles. The molecule has 0 aliphatic rings. The summed E-state index contributed by atoms with van der Waals surface area (Å²) >= 11 is 11.2. The minimum atomic E-state index is -0.449. The lowest BCUT2D eigenvalue weighted by Gasteiger charge is -2.05. The fourth-order valence-electron chi connectivity index (χ4n) is 1.09. The third-order valence-corrected chi connectivity index (χ3v) is 2.50. The summed E-state index contributed by atoms with van der Waals surface area (Å²) in [5.41, 5.74) is 0.823. The van der Waals surface area contributed by atoms with Gasteiger partial charge in [-0.05, 0) is 24.1 Å². The molecule has 1 rings (SSSR count). The van der Waals surface area contributed by atoms with E-state index in [1.165, 1.54) is 12.1 Å². The monoisotopic (exact) mass is 231 g/mol. The molecule has 0 N–H and O–H groups in total. The number of halogens is 3. The van der Waals surface area contributed by atoms with Gasteiger partial charge in [0.25, 0.3) is 0 Å². The molecule has 1 aromatic carbocycles. The van der Waals surface area contributed by atoms with Gasteiger partial charge in [-0.25, -0.2) is 4.39 Å². The molecule has 1 unspecified atom stereocenters. The van der Waals surface area contributed by atoms with Crippen molar-refractivity contribution in [1.29, 1.82) is 5.26 Å². The summed E-state index contributed by atoms with van der Waals surface area (Å²) in [4.78, 5) is 0. The third kappa shape index (κ3) is 2.87. The summed E-state index contributed by atoms with van der Waals surface area (Å²) in [6.07, 6.45) is 0.500. The highest BCUT2D eigenvalue weighted by Gasteiger charge is 2.08. The van der Waals surface area contributed by atoms with Gasteiger partial charge >= 0.3 is 0 Å². The van der Waals surface area contributed by atoms with Crippen LogP contribution in [0.1, 0.15) is 5.56 Å². The zero-order valence-electron chi connectivity index (χ0n) is 7.30. The lowest BCUT2D eigenvalue weighted by Crippen LogP contribution is -2.03. The van der Waals surface area contributed by atoms with Crippen LogP contribution in [0.3, 0.4) is 0 Å². The van der Waals surface area contributed by atoms with Crippen molar-refractivity contribution in [3.8, 4) is 6.07 Å². The van der Waals surface area contributed by atoms with Crippen molar-refractivity contribution in [2.75, 3.05) is 5.88 Å². The summed E-state index contributed by atoms with van der Waals surface area (Å²) in [5.74, 6) is -0.432. The maximum atomic E-state index is 12.8. The molecule has 0 aliphatic heterocycles. The second-order valence-electron chi connectivity index (χ2n) is 2.93. The molecule has 1 atom stereocenters. The average Bonchev–Trinajstić information content (AvgIpc) is 2.19. The molecule has 0 saturated heterocycles. The van der Waals surface area contributed by atoms with Crippen LogP contribution in [0.5, 0.6) is 0 Å². The Balaban J connectivity index is 2.78. The van der Waals surface area contributed by atoms with Gasteiger partial charge in [-0.15, -0.1) is 11.6 Å². The number of hydrogen-bond acceptors (Lipinski definition) is 1. The van der Waals surface area contributed by atoms with Gasteiger partial charge in [0.15, 0.2) is 0 Å². The Bertz CT molecular complexity index is 360. The van der Waals surface area contributed by atoms with Gasteiger partial charge in [0.2, 0.25) is 0 Å². The lowest BCUT2D eigenvalue weighted by atomic mass is 10.0. The number of benzene rings is 1. The van der Waals surface area contributed by atoms with Crippen molar-refractivity contribution >= 4 is 23.2 Å². The van der Waals surface area contributed by atoms with E-state index in [1.54, 1.807) is 6.07 Å². The van der Waals surface area contributed by atoms with Gasteiger partial charge in [-0.2, -0.15) is 5.26 Å². The van der Waals surface area contributed by atoms with E-state index in [0.29, 0.717) is 6.42 Å². The lowest BCUT2D eigenvalue weighted by molar-refractivity contribution is 0.626. The fourth-order valence-corrected chi connectivity index (χ4v) is 1.47. The van der Waals surface area contributed by atoms with Crippen LogP contribution in [-0.2, 0) is 6.42 Å². The predicted octanol–water partition coefficient (Wildman–Crippen LogP) is 3.40. The highest BCUT2D eigenvalue weighted by molar-refractivity contribution is 6.30. The molecular formula is C10H8Cl2FN. The second-order valence-corrected chi connectivity index (χ2v) is 3.65. The minimum Gasteiger partial charge on any atom is -0.205 e. The second kappa shape index (κ2) is 5.19. The van der Waals surface area contributed by atoms with Crippen LogP contribution in [0.25, 0.3) is 0 Å². The smallest absolute Gasteiger partial charge is 0.141 e. The van der Waals surface area contributed by atoms with E-state index < -0.39 is 5.82 Å². The molecule has 0 amide bonds. The van der Waals surface area contributed by atoms with E-state index in [4.69, 9.17) is 28.5 Å². The van der Waals surface area contributed by atoms with Crippen molar-refractivity contribution in [1.82, 2.24) is 0 Å². The minimum absolute atomic E-state index is 0.0776. The van der Waals surface area contributed by atoms with Crippen LogP contribution < -0.4 is 0 Å². The Kier molecular flexibility index (Phi) is 4.19. The standard InChI is InChI=1S/C10H8Cl2FN/c11-5-8(6-14)3-7-1-2-10(13)9(12)4-7/h1-2,4,8H,3,5H2. The molecule has 4 heteroatoms. The van der Waals surface area contributed by atoms with Crippen LogP contribution in [0.4, 0.5) is 4.39 Å². The first kappa shape index (κ1) is 11.3. The predicted molar refractivity (Wildman–Crippen MR) is 54.9 cm³/mol. The summed E-state index contributed by atoms with van der Waals surface area (Å²) < 4.78 is 12.8. The van der Waals surface area contributed by atoms with Crippen molar-refractivity contribution in [3.63, 3.8) is 0 Å². The van der Waals surface area contributed by atoms with Gasteiger partial charge in [-0.1, -0.05) is 17.7 Å². The number of nitriles is 1. The third-order valence-electron chi connectivity index (χ3n) is 1.83. The van der Waals surface area contributed by atoms with Gasteiger partial charge in [-0.3, -0.25) is 0 Å². The van der Waals surface area contributed by atoms with Crippen LogP contribution in [-0.4, -0.2) is 5.88 Å². The van der Waals surface area contributed by atoms with Gasteiger partial charge in [0.05, 0.1) is 17.0 Å². The van der Waals surface area contributed by atoms with Gasteiger partial charge in [0.1, 0.15) is 5.82 Å². The van der Waals surface area contributed by atoms with Crippen LogP contribution in [0.15, 0.2) is 18.2 Å². The highest BCUT2D eigenvalue weighted by Crippen LogP contribution is 2.18. The van der Waals surface area contributed by atoms with Crippen LogP contribution in [0, 0.1) is 23.1 Å². The first-order valence-electron chi connectivity index (χ1n) is 4.07. The van der Waals surface area contributed by atoms with Crippen molar-refractivity contribution in [2.24, 2.45) is 5.92 Å². The fraction of sp³-hybridized carbons (Fsp3) is 0.300. The normalized spacial score (nSPS) is 12.1. The molecular weight excluding hydrogens is 224 g/mol. The largest absolute Gasteiger partial charge is 0.205 e. The molecule has 0 aromatic heterocycles. The molecule has 0 radical (unpaired) electrons. The van der Waals surface area contributed by atoms with E-state index in [1.807, 2.05) is 0 Å². The Morgan fingerprint density at radius 2 is 2.21 bits per heavy atom. The summed E-state index contributed by atoms with van der Waals surface area (Å²) in [7, 11) is 0. The summed E-state index contributed by atoms with van der Waals surface area (Å²) in [5, 5.41) is 8.75. The van der Waals surface area contributed by atoms with Gasteiger partial charge < -0.3 is 0 Å². The van der Waals surface area contributed by atoms with Crippen LogP contribution >= 0.6 is 23.2 Å². The number of alkyl halides is 1. The molecule has 0 saturated carbocycles. The number of hydrogen-bond donors (Lipinski definition) is 0. The maximum Gasteiger partial charge on any atom is 0.141 e. The Morgan fingerprint density at radius 1 is 1.50 bits per heavy atom. The van der Waals surface area contributed by atoms with E-state index in [2.05, 4.69) is 6.07 Å². The van der Waals surface area contributed by atoms with E-state index in [0.717, 1.165) is 5.56 Å². The molecule has 14 heavy (non-hydrogen) atoms. The van der Waals surface area contributed by atoms with Crippen LogP contribution in [0.2, 0.25) is 5.02 Å². The maximum absolute atomic E-state index is 12.8. The first-order valence-corrected chi connectivity index (χ1v) is 4.98. The Morgan fingerprint density at radius 3 is 2.71 bits per heavy atom. The molecule has 0 fully saturated rings. The molecule has 0 spiro atoms. The van der Waals surface area contributed by atoms with Crippen molar-refractivity contribution < 1.29 is 4.39 Å². The van der Waals surface area contributed by atoms with E-state index in [9.17, 15) is 4.39 Å². The molecule has 0 bridgehead atoms. The summed E-state index contributed by atoms with van der Waals surface area (Å²) in [6, 6.07) is 6.49.